The van der Waals surface area contributed by atoms with Gasteiger partial charge in [0.05, 0.1) is 19.3 Å². The predicted molar refractivity (Wildman–Crippen MR) is 101 cm³/mol. The Labute approximate surface area is 160 Å². The number of rotatable bonds is 6. The minimum absolute atomic E-state index is 0.0648. The Hall–Kier alpha value is -2.30. The van der Waals surface area contributed by atoms with Gasteiger partial charge in [-0.2, -0.15) is 5.26 Å². The number of nitriles is 1. The molecule has 1 N–H and O–H groups in total. The monoisotopic (exact) mass is 372 g/mol. The lowest BCUT2D eigenvalue weighted by molar-refractivity contribution is 0.0322. The molecule has 0 spiro atoms. The summed E-state index contributed by atoms with van der Waals surface area (Å²) in [5.74, 6) is 0.908. The molecule has 0 aliphatic carbocycles. The number of carbonyl (C=O) groups is 1. The minimum Gasteiger partial charge on any atom is -0.492 e. The number of nitrogens with zero attached hydrogens (tertiary/aromatic N) is 3. The Morgan fingerprint density at radius 1 is 1.26 bits per heavy atom. The first-order valence-corrected chi connectivity index (χ1v) is 9.69. The SMILES string of the molecule is N#CC1CCN(C(=O)NCc2cccc(OCCN3CCOCC3)c2)CC1. The summed E-state index contributed by atoms with van der Waals surface area (Å²) in [5, 5.41) is 11.9. The average molecular weight is 372 g/mol. The van der Waals surface area contributed by atoms with Crippen LogP contribution in [0.5, 0.6) is 5.75 Å². The van der Waals surface area contributed by atoms with E-state index < -0.39 is 0 Å². The zero-order valence-electron chi connectivity index (χ0n) is 15.7. The van der Waals surface area contributed by atoms with Gasteiger partial charge in [0.2, 0.25) is 0 Å². The van der Waals surface area contributed by atoms with Crippen LogP contribution in [-0.4, -0.2) is 68.4 Å². The molecule has 0 radical (unpaired) electrons. The molecule has 27 heavy (non-hydrogen) atoms. The standard InChI is InChI=1S/C20H28N4O3/c21-15-17-4-6-24(7-5-17)20(25)22-16-18-2-1-3-19(14-18)27-13-10-23-8-11-26-12-9-23/h1-3,14,17H,4-13,16H2,(H,22,25). The minimum atomic E-state index is -0.0648. The van der Waals surface area contributed by atoms with E-state index >= 15 is 0 Å². The third-order valence-corrected chi connectivity index (χ3v) is 5.09. The van der Waals surface area contributed by atoms with Crippen LogP contribution in [0.2, 0.25) is 0 Å². The van der Waals surface area contributed by atoms with Crippen molar-refractivity contribution in [3.8, 4) is 11.8 Å². The molecule has 7 nitrogen and oxygen atoms in total. The smallest absolute Gasteiger partial charge is 0.317 e. The van der Waals surface area contributed by atoms with Gasteiger partial charge in [-0.3, -0.25) is 4.90 Å². The highest BCUT2D eigenvalue weighted by Gasteiger charge is 2.22. The van der Waals surface area contributed by atoms with Gasteiger partial charge >= 0.3 is 6.03 Å². The largest absolute Gasteiger partial charge is 0.492 e. The molecule has 0 atom stereocenters. The molecule has 0 saturated carbocycles. The maximum atomic E-state index is 12.3. The van der Waals surface area contributed by atoms with Crippen molar-refractivity contribution in [2.75, 3.05) is 52.5 Å². The van der Waals surface area contributed by atoms with Crippen molar-refractivity contribution in [2.24, 2.45) is 5.92 Å². The first-order chi connectivity index (χ1) is 13.2. The van der Waals surface area contributed by atoms with Gasteiger partial charge in [-0.05, 0) is 30.5 Å². The first-order valence-electron chi connectivity index (χ1n) is 9.69. The Kier molecular flexibility index (Phi) is 7.31. The number of likely N-dealkylation sites (tertiary alicyclic amines) is 1. The molecule has 2 aliphatic heterocycles. The number of ether oxygens (including phenoxy) is 2. The zero-order chi connectivity index (χ0) is 18.9. The van der Waals surface area contributed by atoms with E-state index in [1.807, 2.05) is 24.3 Å². The molecule has 2 heterocycles. The lowest BCUT2D eigenvalue weighted by atomic mass is 9.99. The maximum absolute atomic E-state index is 12.3. The fourth-order valence-electron chi connectivity index (χ4n) is 3.36. The van der Waals surface area contributed by atoms with E-state index in [0.717, 1.165) is 57.0 Å². The van der Waals surface area contributed by atoms with Crippen LogP contribution in [0.1, 0.15) is 18.4 Å². The summed E-state index contributed by atoms with van der Waals surface area (Å²) in [6.07, 6.45) is 1.52. The number of nitrogens with one attached hydrogen (secondary N) is 1. The van der Waals surface area contributed by atoms with Gasteiger partial charge < -0.3 is 19.7 Å². The summed E-state index contributed by atoms with van der Waals surface area (Å²) in [7, 11) is 0. The Morgan fingerprint density at radius 3 is 2.78 bits per heavy atom. The average Bonchev–Trinajstić information content (AvgIpc) is 2.73. The van der Waals surface area contributed by atoms with Crippen molar-refractivity contribution in [3.05, 3.63) is 29.8 Å². The summed E-state index contributed by atoms with van der Waals surface area (Å²) >= 11 is 0. The lowest BCUT2D eigenvalue weighted by Crippen LogP contribution is -2.44. The molecule has 0 bridgehead atoms. The van der Waals surface area contributed by atoms with Crippen LogP contribution < -0.4 is 10.1 Å². The van der Waals surface area contributed by atoms with E-state index in [2.05, 4.69) is 16.3 Å². The highest BCUT2D eigenvalue weighted by Crippen LogP contribution is 2.17. The van der Waals surface area contributed by atoms with Gasteiger partial charge in [0.15, 0.2) is 0 Å². The molecule has 146 valence electrons. The van der Waals surface area contributed by atoms with E-state index in [1.54, 1.807) is 4.90 Å². The summed E-state index contributed by atoms with van der Waals surface area (Å²) in [6, 6.07) is 10.1. The topological polar surface area (TPSA) is 77.8 Å². The van der Waals surface area contributed by atoms with Crippen molar-refractivity contribution in [1.82, 2.24) is 15.1 Å². The lowest BCUT2D eigenvalue weighted by Gasteiger charge is -2.29. The van der Waals surface area contributed by atoms with Crippen molar-refractivity contribution >= 4 is 6.03 Å². The molecule has 2 fully saturated rings. The van der Waals surface area contributed by atoms with Crippen LogP contribution in [0.15, 0.2) is 24.3 Å². The van der Waals surface area contributed by atoms with E-state index in [1.165, 1.54) is 0 Å². The third kappa shape index (κ3) is 6.12. The second-order valence-electron chi connectivity index (χ2n) is 7.00. The normalized spacial score (nSPS) is 18.7. The highest BCUT2D eigenvalue weighted by molar-refractivity contribution is 5.74. The Bertz CT molecular complexity index is 647. The summed E-state index contributed by atoms with van der Waals surface area (Å²) < 4.78 is 11.2. The Morgan fingerprint density at radius 2 is 2.04 bits per heavy atom. The molecular weight excluding hydrogens is 344 g/mol. The van der Waals surface area contributed by atoms with Crippen molar-refractivity contribution in [2.45, 2.75) is 19.4 Å². The van der Waals surface area contributed by atoms with Gasteiger partial charge in [-0.25, -0.2) is 4.79 Å². The van der Waals surface area contributed by atoms with Crippen LogP contribution in [0.4, 0.5) is 4.79 Å². The van der Waals surface area contributed by atoms with E-state index in [0.29, 0.717) is 26.2 Å². The van der Waals surface area contributed by atoms with Gasteiger partial charge in [-0.1, -0.05) is 12.1 Å². The second kappa shape index (κ2) is 10.1. The fraction of sp³-hybridized carbons (Fsp3) is 0.600. The Balaban J connectivity index is 1.39. The zero-order valence-corrected chi connectivity index (χ0v) is 15.7. The van der Waals surface area contributed by atoms with Crippen LogP contribution in [0.3, 0.4) is 0 Å². The van der Waals surface area contributed by atoms with E-state index in [9.17, 15) is 4.79 Å². The van der Waals surface area contributed by atoms with Crippen LogP contribution >= 0.6 is 0 Å². The van der Waals surface area contributed by atoms with Crippen molar-refractivity contribution in [1.29, 1.82) is 5.26 Å². The van der Waals surface area contributed by atoms with Gasteiger partial charge in [-0.15, -0.1) is 0 Å². The molecule has 2 amide bonds. The molecule has 2 saturated heterocycles. The number of urea groups is 1. The van der Waals surface area contributed by atoms with Crippen molar-refractivity contribution < 1.29 is 14.3 Å². The second-order valence-corrected chi connectivity index (χ2v) is 7.00. The quantitative estimate of drug-likeness (QED) is 0.824. The number of morpholine rings is 1. The molecule has 0 unspecified atom stereocenters. The first kappa shape index (κ1) is 19.5. The molecule has 1 aromatic rings. The molecule has 2 aliphatic rings. The third-order valence-electron chi connectivity index (χ3n) is 5.09. The van der Waals surface area contributed by atoms with Crippen LogP contribution in [-0.2, 0) is 11.3 Å². The number of benzene rings is 1. The van der Waals surface area contributed by atoms with Crippen LogP contribution in [0, 0.1) is 17.2 Å². The summed E-state index contributed by atoms with van der Waals surface area (Å²) in [5.41, 5.74) is 1.01. The number of piperidine rings is 1. The molecule has 7 heteroatoms. The number of hydrogen-bond acceptors (Lipinski definition) is 5. The maximum Gasteiger partial charge on any atom is 0.317 e. The van der Waals surface area contributed by atoms with E-state index in [4.69, 9.17) is 14.7 Å². The molecular formula is C20H28N4O3. The molecule has 0 aromatic heterocycles. The molecule has 3 rings (SSSR count). The van der Waals surface area contributed by atoms with Gasteiger partial charge in [0, 0.05) is 45.2 Å². The molecule has 1 aromatic carbocycles. The summed E-state index contributed by atoms with van der Waals surface area (Å²) in [4.78, 5) is 16.4. The fourth-order valence-corrected chi connectivity index (χ4v) is 3.36. The van der Waals surface area contributed by atoms with Crippen LogP contribution in [0.25, 0.3) is 0 Å². The highest BCUT2D eigenvalue weighted by atomic mass is 16.5. The van der Waals surface area contributed by atoms with Gasteiger partial charge in [0.1, 0.15) is 12.4 Å². The predicted octanol–water partition coefficient (Wildman–Crippen LogP) is 1.84. The number of carbonyl (C=O) groups excluding carboxylic acids is 1. The van der Waals surface area contributed by atoms with Gasteiger partial charge in [0.25, 0.3) is 0 Å². The number of hydrogen-bond donors (Lipinski definition) is 1. The number of amides is 2. The summed E-state index contributed by atoms with van der Waals surface area (Å²) in [6.45, 7) is 6.81. The van der Waals surface area contributed by atoms with Crippen molar-refractivity contribution in [3.63, 3.8) is 0 Å². The van der Waals surface area contributed by atoms with E-state index in [-0.39, 0.29) is 11.9 Å².